The molecule has 1 amide bonds. The summed E-state index contributed by atoms with van der Waals surface area (Å²) in [5, 5.41) is 3.21. The number of aromatic nitrogens is 3. The molecular formula is C20H21N5O3. The number of nitrogens with zero attached hydrogens (tertiary/aromatic N) is 2. The molecule has 1 unspecified atom stereocenters. The number of pyridine rings is 1. The quantitative estimate of drug-likeness (QED) is 0.630. The van der Waals surface area contributed by atoms with Gasteiger partial charge in [0.1, 0.15) is 11.3 Å². The first-order valence-corrected chi connectivity index (χ1v) is 9.23. The minimum Gasteiger partial charge on any atom is -0.371 e. The fourth-order valence-corrected chi connectivity index (χ4v) is 3.67. The molecule has 0 saturated carbocycles. The summed E-state index contributed by atoms with van der Waals surface area (Å²) in [6.07, 6.45) is 1.00. The summed E-state index contributed by atoms with van der Waals surface area (Å²) in [6, 6.07) is 11.8. The maximum atomic E-state index is 12.6. The largest absolute Gasteiger partial charge is 0.371 e. The summed E-state index contributed by atoms with van der Waals surface area (Å²) in [4.78, 5) is 47.1. The lowest BCUT2D eigenvalue weighted by atomic mass is 10.1. The third-order valence-corrected chi connectivity index (χ3v) is 5.09. The van der Waals surface area contributed by atoms with Crippen LogP contribution in [0.2, 0.25) is 0 Å². The summed E-state index contributed by atoms with van der Waals surface area (Å²) in [5.74, 6) is 0.0395. The number of benzene rings is 1. The number of anilines is 1. The number of amides is 1. The lowest BCUT2D eigenvalue weighted by molar-refractivity contribution is 0.0943. The zero-order valence-electron chi connectivity index (χ0n) is 15.5. The van der Waals surface area contributed by atoms with Crippen molar-refractivity contribution in [3.8, 4) is 0 Å². The van der Waals surface area contributed by atoms with Gasteiger partial charge in [0.2, 0.25) is 0 Å². The van der Waals surface area contributed by atoms with Crippen molar-refractivity contribution in [2.45, 2.75) is 13.3 Å². The van der Waals surface area contributed by atoms with Crippen molar-refractivity contribution in [1.29, 1.82) is 0 Å². The Morgan fingerprint density at radius 2 is 2.04 bits per heavy atom. The van der Waals surface area contributed by atoms with Gasteiger partial charge in [-0.15, -0.1) is 0 Å². The van der Waals surface area contributed by atoms with Gasteiger partial charge in [-0.2, -0.15) is 0 Å². The lowest BCUT2D eigenvalue weighted by Crippen LogP contribution is -2.32. The van der Waals surface area contributed by atoms with E-state index in [4.69, 9.17) is 0 Å². The Morgan fingerprint density at radius 3 is 2.82 bits per heavy atom. The van der Waals surface area contributed by atoms with Crippen molar-refractivity contribution in [2.75, 3.05) is 24.5 Å². The van der Waals surface area contributed by atoms with Gasteiger partial charge in [0.25, 0.3) is 11.5 Å². The Hall–Kier alpha value is -3.42. The minimum atomic E-state index is -0.645. The number of H-pyrrole nitrogens is 2. The number of nitrogens with one attached hydrogen (secondary N) is 3. The van der Waals surface area contributed by atoms with Gasteiger partial charge >= 0.3 is 5.69 Å². The molecule has 144 valence electrons. The van der Waals surface area contributed by atoms with E-state index in [1.807, 2.05) is 18.2 Å². The molecule has 8 nitrogen and oxygen atoms in total. The first-order chi connectivity index (χ1) is 13.5. The van der Waals surface area contributed by atoms with E-state index in [0.29, 0.717) is 18.0 Å². The second-order valence-corrected chi connectivity index (χ2v) is 7.10. The third-order valence-electron chi connectivity index (χ3n) is 5.09. The normalized spacial score (nSPS) is 16.5. The van der Waals surface area contributed by atoms with Crippen LogP contribution in [0.15, 0.2) is 46.0 Å². The maximum Gasteiger partial charge on any atom is 0.327 e. The average molecular weight is 379 g/mol. The van der Waals surface area contributed by atoms with Crippen LogP contribution in [-0.2, 0) is 0 Å². The van der Waals surface area contributed by atoms with Gasteiger partial charge in [-0.3, -0.25) is 19.6 Å². The van der Waals surface area contributed by atoms with Crippen LogP contribution in [0.1, 0.15) is 22.5 Å². The second kappa shape index (κ2) is 7.30. The molecule has 1 fully saturated rings. The van der Waals surface area contributed by atoms with E-state index in [0.717, 1.165) is 19.5 Å². The van der Waals surface area contributed by atoms with Crippen LogP contribution >= 0.6 is 0 Å². The van der Waals surface area contributed by atoms with Gasteiger partial charge in [-0.05, 0) is 43.0 Å². The highest BCUT2D eigenvalue weighted by Crippen LogP contribution is 2.23. The molecule has 8 heteroatoms. The molecule has 3 aromatic rings. The highest BCUT2D eigenvalue weighted by Gasteiger charge is 2.23. The molecule has 1 saturated heterocycles. The molecule has 3 heterocycles. The Kier molecular flexibility index (Phi) is 4.68. The van der Waals surface area contributed by atoms with Gasteiger partial charge in [0.05, 0.1) is 5.39 Å². The maximum absolute atomic E-state index is 12.6. The predicted molar refractivity (Wildman–Crippen MR) is 107 cm³/mol. The smallest absolute Gasteiger partial charge is 0.327 e. The topological polar surface area (TPSA) is 111 Å². The Balaban J connectivity index is 1.45. The summed E-state index contributed by atoms with van der Waals surface area (Å²) in [6.45, 7) is 4.11. The SMILES string of the molecule is Cc1cc(C(=O)NCC2CCN(c3ccccc3)C2)nc2[nH]c(=O)[nH]c(=O)c12. The third kappa shape index (κ3) is 3.53. The van der Waals surface area contributed by atoms with E-state index in [2.05, 4.69) is 37.3 Å². The fraction of sp³-hybridized carbons (Fsp3) is 0.300. The number of aryl methyl sites for hydroxylation is 1. The van der Waals surface area contributed by atoms with E-state index in [1.54, 1.807) is 13.0 Å². The number of aromatic amines is 2. The number of para-hydroxylation sites is 1. The molecule has 0 bridgehead atoms. The van der Waals surface area contributed by atoms with Gasteiger partial charge < -0.3 is 10.2 Å². The van der Waals surface area contributed by atoms with Crippen LogP contribution in [-0.4, -0.2) is 40.5 Å². The molecule has 1 atom stereocenters. The molecule has 4 rings (SSSR count). The van der Waals surface area contributed by atoms with Gasteiger partial charge in [-0.1, -0.05) is 18.2 Å². The van der Waals surface area contributed by atoms with Crippen molar-refractivity contribution in [3.05, 3.63) is 68.5 Å². The molecule has 0 aliphatic carbocycles. The van der Waals surface area contributed by atoms with Gasteiger partial charge in [0.15, 0.2) is 0 Å². The van der Waals surface area contributed by atoms with Gasteiger partial charge in [0, 0.05) is 25.3 Å². The van der Waals surface area contributed by atoms with Crippen molar-refractivity contribution in [1.82, 2.24) is 20.3 Å². The average Bonchev–Trinajstić information content (AvgIpc) is 3.15. The van der Waals surface area contributed by atoms with E-state index in [1.165, 1.54) is 5.69 Å². The summed E-state index contributed by atoms with van der Waals surface area (Å²) >= 11 is 0. The standard InChI is InChI=1S/C20H21N5O3/c1-12-9-15(22-17-16(12)19(27)24-20(28)23-17)18(26)21-10-13-7-8-25(11-13)14-5-3-2-4-6-14/h2-6,9,13H,7-8,10-11H2,1H3,(H,21,26)(H2,22,23,24,27,28). The second-order valence-electron chi connectivity index (χ2n) is 7.10. The zero-order chi connectivity index (χ0) is 19.7. The molecule has 0 radical (unpaired) electrons. The number of hydrogen-bond acceptors (Lipinski definition) is 5. The van der Waals surface area contributed by atoms with Crippen molar-refractivity contribution < 1.29 is 4.79 Å². The van der Waals surface area contributed by atoms with Crippen LogP contribution in [0.3, 0.4) is 0 Å². The molecule has 2 aromatic heterocycles. The molecule has 1 aromatic carbocycles. The number of rotatable bonds is 4. The lowest BCUT2D eigenvalue weighted by Gasteiger charge is -2.18. The number of fused-ring (bicyclic) bond motifs is 1. The summed E-state index contributed by atoms with van der Waals surface area (Å²) in [7, 11) is 0. The molecule has 1 aliphatic heterocycles. The van der Waals surface area contributed by atoms with Crippen LogP contribution in [0, 0.1) is 12.8 Å². The number of carbonyl (C=O) groups excluding carboxylic acids is 1. The molecule has 0 spiro atoms. The summed E-state index contributed by atoms with van der Waals surface area (Å²) < 4.78 is 0. The van der Waals surface area contributed by atoms with Crippen LogP contribution in [0.5, 0.6) is 0 Å². The van der Waals surface area contributed by atoms with Crippen molar-refractivity contribution >= 4 is 22.6 Å². The highest BCUT2D eigenvalue weighted by molar-refractivity contribution is 5.95. The van der Waals surface area contributed by atoms with Crippen molar-refractivity contribution in [2.24, 2.45) is 5.92 Å². The van der Waals surface area contributed by atoms with E-state index < -0.39 is 11.2 Å². The molecular weight excluding hydrogens is 358 g/mol. The van der Waals surface area contributed by atoms with Crippen LogP contribution in [0.4, 0.5) is 5.69 Å². The van der Waals surface area contributed by atoms with Gasteiger partial charge in [-0.25, -0.2) is 9.78 Å². The predicted octanol–water partition coefficient (Wildman–Crippen LogP) is 1.18. The zero-order valence-corrected chi connectivity index (χ0v) is 15.5. The Bertz CT molecular complexity index is 1140. The fourth-order valence-electron chi connectivity index (χ4n) is 3.67. The molecule has 28 heavy (non-hydrogen) atoms. The first kappa shape index (κ1) is 18.0. The number of carbonyl (C=O) groups is 1. The summed E-state index contributed by atoms with van der Waals surface area (Å²) in [5.41, 5.74) is 0.928. The Labute approximate surface area is 160 Å². The van der Waals surface area contributed by atoms with Crippen molar-refractivity contribution in [3.63, 3.8) is 0 Å². The molecule has 3 N–H and O–H groups in total. The van der Waals surface area contributed by atoms with Crippen LogP contribution in [0.25, 0.3) is 11.0 Å². The van der Waals surface area contributed by atoms with E-state index >= 15 is 0 Å². The highest BCUT2D eigenvalue weighted by atomic mass is 16.2. The van der Waals surface area contributed by atoms with E-state index in [9.17, 15) is 14.4 Å². The monoisotopic (exact) mass is 379 g/mol. The Morgan fingerprint density at radius 1 is 1.25 bits per heavy atom. The minimum absolute atomic E-state index is 0.120. The van der Waals surface area contributed by atoms with Crippen LogP contribution < -0.4 is 21.5 Å². The number of hydrogen-bond donors (Lipinski definition) is 3. The first-order valence-electron chi connectivity index (χ1n) is 9.23. The van der Waals surface area contributed by atoms with E-state index in [-0.39, 0.29) is 22.6 Å². The molecule has 1 aliphatic rings.